The second-order valence-corrected chi connectivity index (χ2v) is 7.55. The van der Waals surface area contributed by atoms with Gasteiger partial charge >= 0.3 is 0 Å². The molecule has 0 aromatic heterocycles. The summed E-state index contributed by atoms with van der Waals surface area (Å²) in [5.74, 6) is 0.430. The smallest absolute Gasteiger partial charge is 0.281 e. The maximum atomic E-state index is 12.7. The van der Waals surface area contributed by atoms with Crippen molar-refractivity contribution in [3.8, 4) is 5.75 Å². The number of hydrogen-bond acceptors (Lipinski definition) is 4. The van der Waals surface area contributed by atoms with E-state index in [1.807, 2.05) is 13.0 Å². The monoisotopic (exact) mass is 341 g/mol. The van der Waals surface area contributed by atoms with E-state index in [0.29, 0.717) is 44.1 Å². The van der Waals surface area contributed by atoms with Crippen LogP contribution in [0, 0.1) is 0 Å². The molecule has 1 aliphatic heterocycles. The lowest BCUT2D eigenvalue weighted by molar-refractivity contribution is 0.0691. The van der Waals surface area contributed by atoms with Crippen molar-refractivity contribution in [2.24, 2.45) is 0 Å². The Hall–Kier alpha value is -1.64. The Morgan fingerprint density at radius 2 is 1.78 bits per heavy atom. The first-order valence-electron chi connectivity index (χ1n) is 7.56. The zero-order valence-corrected chi connectivity index (χ0v) is 14.5. The topological polar surface area (TPSA) is 70.2 Å². The maximum Gasteiger partial charge on any atom is 0.281 e. The predicted octanol–water partition coefficient (Wildman–Crippen LogP) is 0.650. The Morgan fingerprint density at radius 3 is 2.35 bits per heavy atom. The molecule has 1 fully saturated rings. The third kappa shape index (κ3) is 3.82. The van der Waals surface area contributed by atoms with E-state index in [1.165, 1.54) is 22.7 Å². The first-order chi connectivity index (χ1) is 10.9. The Morgan fingerprint density at radius 1 is 1.17 bits per heavy atom. The van der Waals surface area contributed by atoms with Gasteiger partial charge in [0, 0.05) is 40.3 Å². The number of nitrogens with zero attached hydrogens (tertiary/aromatic N) is 3. The van der Waals surface area contributed by atoms with Gasteiger partial charge in [0.05, 0.1) is 12.2 Å². The van der Waals surface area contributed by atoms with Crippen molar-refractivity contribution in [2.75, 3.05) is 46.9 Å². The predicted molar refractivity (Wildman–Crippen MR) is 87.7 cm³/mol. The first-order valence-corrected chi connectivity index (χ1v) is 8.96. The highest BCUT2D eigenvalue weighted by Crippen LogP contribution is 2.21. The van der Waals surface area contributed by atoms with Crippen molar-refractivity contribution in [1.29, 1.82) is 0 Å². The van der Waals surface area contributed by atoms with E-state index in [9.17, 15) is 13.2 Å². The van der Waals surface area contributed by atoms with Gasteiger partial charge in [0.25, 0.3) is 16.1 Å². The van der Waals surface area contributed by atoms with E-state index in [4.69, 9.17) is 4.74 Å². The quantitative estimate of drug-likeness (QED) is 0.788. The summed E-state index contributed by atoms with van der Waals surface area (Å²) < 4.78 is 32.3. The molecule has 1 amide bonds. The molecule has 0 spiro atoms. The van der Waals surface area contributed by atoms with Gasteiger partial charge in [-0.1, -0.05) is 12.1 Å². The number of carbonyl (C=O) groups excluding carboxylic acids is 1. The molecule has 1 saturated heterocycles. The molecule has 0 saturated carbocycles. The van der Waals surface area contributed by atoms with Crippen LogP contribution in [-0.2, 0) is 10.2 Å². The summed E-state index contributed by atoms with van der Waals surface area (Å²) in [5, 5.41) is 0. The van der Waals surface area contributed by atoms with Gasteiger partial charge in [0.1, 0.15) is 5.75 Å². The van der Waals surface area contributed by atoms with Gasteiger partial charge in [-0.3, -0.25) is 4.79 Å². The van der Waals surface area contributed by atoms with Gasteiger partial charge in [0.2, 0.25) is 0 Å². The molecule has 1 aromatic rings. The summed E-state index contributed by atoms with van der Waals surface area (Å²) in [6.45, 7) is 3.68. The highest BCUT2D eigenvalue weighted by atomic mass is 32.2. The summed E-state index contributed by atoms with van der Waals surface area (Å²) >= 11 is 0. The fourth-order valence-electron chi connectivity index (χ4n) is 2.45. The van der Waals surface area contributed by atoms with Gasteiger partial charge in [-0.2, -0.15) is 17.0 Å². The summed E-state index contributed by atoms with van der Waals surface area (Å²) in [7, 11) is -0.416. The third-order valence-corrected chi connectivity index (χ3v) is 5.67. The first kappa shape index (κ1) is 17.7. The largest absolute Gasteiger partial charge is 0.493 e. The molecule has 2 rings (SSSR count). The van der Waals surface area contributed by atoms with E-state index in [1.54, 1.807) is 23.1 Å². The number of benzene rings is 1. The number of para-hydroxylation sites is 1. The van der Waals surface area contributed by atoms with Gasteiger partial charge < -0.3 is 9.64 Å². The Bertz CT molecular complexity index is 652. The number of hydrogen-bond donors (Lipinski definition) is 0. The zero-order valence-electron chi connectivity index (χ0n) is 13.7. The van der Waals surface area contributed by atoms with Crippen LogP contribution in [0.5, 0.6) is 5.75 Å². The van der Waals surface area contributed by atoms with E-state index in [0.717, 1.165) is 0 Å². The van der Waals surface area contributed by atoms with E-state index in [2.05, 4.69) is 0 Å². The van der Waals surface area contributed by atoms with Crippen molar-refractivity contribution in [1.82, 2.24) is 13.5 Å². The molecule has 0 radical (unpaired) electrons. The number of amides is 1. The summed E-state index contributed by atoms with van der Waals surface area (Å²) in [6.07, 6.45) is 0. The minimum Gasteiger partial charge on any atom is -0.493 e. The molecule has 1 heterocycles. The lowest BCUT2D eigenvalue weighted by atomic mass is 10.1. The molecular formula is C15H23N3O4S. The molecule has 1 aliphatic rings. The lowest BCUT2D eigenvalue weighted by Gasteiger charge is -2.35. The molecular weight excluding hydrogens is 318 g/mol. The number of ether oxygens (including phenoxy) is 1. The number of rotatable bonds is 5. The molecule has 0 aliphatic carbocycles. The molecule has 23 heavy (non-hydrogen) atoms. The molecule has 7 nitrogen and oxygen atoms in total. The van der Waals surface area contributed by atoms with Crippen LogP contribution >= 0.6 is 0 Å². The lowest BCUT2D eigenvalue weighted by Crippen LogP contribution is -2.53. The second kappa shape index (κ2) is 7.29. The second-order valence-electron chi connectivity index (χ2n) is 5.41. The molecule has 1 aromatic carbocycles. The van der Waals surface area contributed by atoms with Crippen molar-refractivity contribution in [3.63, 3.8) is 0 Å². The van der Waals surface area contributed by atoms with Crippen LogP contribution in [0.25, 0.3) is 0 Å². The maximum absolute atomic E-state index is 12.7. The highest BCUT2D eigenvalue weighted by molar-refractivity contribution is 7.86. The van der Waals surface area contributed by atoms with E-state index < -0.39 is 10.2 Å². The molecule has 0 N–H and O–H groups in total. The van der Waals surface area contributed by atoms with Crippen LogP contribution in [0.15, 0.2) is 24.3 Å². The minimum absolute atomic E-state index is 0.129. The van der Waals surface area contributed by atoms with E-state index >= 15 is 0 Å². The summed E-state index contributed by atoms with van der Waals surface area (Å²) in [5.41, 5.74) is 0.512. The highest BCUT2D eigenvalue weighted by Gasteiger charge is 2.31. The normalized spacial score (nSPS) is 16.6. The van der Waals surface area contributed by atoms with Crippen LogP contribution in [0.4, 0.5) is 0 Å². The average molecular weight is 341 g/mol. The fourth-order valence-corrected chi connectivity index (χ4v) is 3.53. The fraction of sp³-hybridized carbons (Fsp3) is 0.533. The van der Waals surface area contributed by atoms with Crippen LogP contribution in [0.1, 0.15) is 17.3 Å². The molecule has 0 bridgehead atoms. The van der Waals surface area contributed by atoms with Crippen LogP contribution in [0.3, 0.4) is 0 Å². The number of piperazine rings is 1. The Labute approximate surface area is 137 Å². The van der Waals surface area contributed by atoms with Crippen LogP contribution in [-0.4, -0.2) is 74.7 Å². The third-order valence-electron chi connectivity index (χ3n) is 3.73. The minimum atomic E-state index is -3.43. The van der Waals surface area contributed by atoms with Gasteiger partial charge in [-0.15, -0.1) is 0 Å². The SMILES string of the molecule is CCOc1ccccc1C(=O)N1CCN(S(=O)(=O)N(C)C)CC1. The summed E-state index contributed by atoms with van der Waals surface area (Å²) in [4.78, 5) is 14.3. The molecule has 8 heteroatoms. The zero-order chi connectivity index (χ0) is 17.0. The van der Waals surface area contributed by atoms with Crippen LogP contribution < -0.4 is 4.74 Å². The molecule has 0 unspecified atom stereocenters. The standard InChI is InChI=1S/C15H23N3O4S/c1-4-22-14-8-6-5-7-13(14)15(19)17-9-11-18(12-10-17)23(20,21)16(2)3/h5-8H,4,9-12H2,1-3H3. The number of carbonyl (C=O) groups is 1. The summed E-state index contributed by atoms with van der Waals surface area (Å²) in [6, 6.07) is 7.12. The average Bonchev–Trinajstić information content (AvgIpc) is 2.55. The Balaban J connectivity index is 2.07. The Kier molecular flexibility index (Phi) is 5.61. The van der Waals surface area contributed by atoms with Gasteiger partial charge in [0.15, 0.2) is 0 Å². The van der Waals surface area contributed by atoms with Crippen molar-refractivity contribution >= 4 is 16.1 Å². The van der Waals surface area contributed by atoms with Gasteiger partial charge in [-0.25, -0.2) is 0 Å². The van der Waals surface area contributed by atoms with Crippen molar-refractivity contribution in [3.05, 3.63) is 29.8 Å². The van der Waals surface area contributed by atoms with Crippen molar-refractivity contribution < 1.29 is 17.9 Å². The van der Waals surface area contributed by atoms with Crippen molar-refractivity contribution in [2.45, 2.75) is 6.92 Å². The van der Waals surface area contributed by atoms with Gasteiger partial charge in [-0.05, 0) is 19.1 Å². The van der Waals surface area contributed by atoms with Crippen LogP contribution in [0.2, 0.25) is 0 Å². The van der Waals surface area contributed by atoms with E-state index in [-0.39, 0.29) is 5.91 Å². The molecule has 128 valence electrons. The molecule has 0 atom stereocenters.